The van der Waals surface area contributed by atoms with Crippen LogP contribution < -0.4 is 4.90 Å². The van der Waals surface area contributed by atoms with Gasteiger partial charge >= 0.3 is 0 Å². The quantitative estimate of drug-likeness (QED) is 0.175. The first kappa shape index (κ1) is 29.9. The molecule has 1 aliphatic rings. The van der Waals surface area contributed by atoms with E-state index in [9.17, 15) is 0 Å². The van der Waals surface area contributed by atoms with E-state index in [1.807, 2.05) is 0 Å². The third kappa shape index (κ3) is 4.94. The zero-order valence-corrected chi connectivity index (χ0v) is 28.3. The summed E-state index contributed by atoms with van der Waals surface area (Å²) in [5, 5.41) is 2.55. The lowest BCUT2D eigenvalue weighted by atomic mass is 9.79. The Balaban J connectivity index is 1.34. The van der Waals surface area contributed by atoms with Crippen LogP contribution >= 0.6 is 0 Å². The maximum Gasteiger partial charge on any atom is 0.0549 e. The SMILES string of the molecule is CC1(C)c2cc(-c3ccccc3)ccc2-c2c(N(c3ccc(-c4ccccc4)cc3)c3ccccc3-c3ccccc3)cc3ccccc3c21. The maximum absolute atomic E-state index is 2.50. The number of fused-ring (bicyclic) bond motifs is 5. The second-order valence-electron chi connectivity index (χ2n) is 13.7. The van der Waals surface area contributed by atoms with E-state index in [0.29, 0.717) is 0 Å². The Labute approximate surface area is 294 Å². The van der Waals surface area contributed by atoms with Crippen molar-refractivity contribution in [2.45, 2.75) is 19.3 Å². The van der Waals surface area contributed by atoms with Crippen molar-refractivity contribution in [2.75, 3.05) is 4.90 Å². The summed E-state index contributed by atoms with van der Waals surface area (Å²) in [5.41, 5.74) is 15.9. The molecule has 0 fully saturated rings. The van der Waals surface area contributed by atoms with Gasteiger partial charge in [-0.25, -0.2) is 0 Å². The molecular formula is C49H37N. The van der Waals surface area contributed by atoms with E-state index < -0.39 is 0 Å². The van der Waals surface area contributed by atoms with Crippen LogP contribution in [0.4, 0.5) is 17.1 Å². The van der Waals surface area contributed by atoms with E-state index in [2.05, 4.69) is 207 Å². The summed E-state index contributed by atoms with van der Waals surface area (Å²) in [7, 11) is 0. The van der Waals surface area contributed by atoms with Crippen LogP contribution in [0.1, 0.15) is 25.0 Å². The highest BCUT2D eigenvalue weighted by Gasteiger charge is 2.40. The number of nitrogens with zero attached hydrogens (tertiary/aromatic N) is 1. The molecule has 0 radical (unpaired) electrons. The number of rotatable bonds is 6. The van der Waals surface area contributed by atoms with Gasteiger partial charge in [-0.3, -0.25) is 0 Å². The van der Waals surface area contributed by atoms with E-state index in [0.717, 1.165) is 11.4 Å². The first-order valence-corrected chi connectivity index (χ1v) is 17.4. The van der Waals surface area contributed by atoms with Crippen molar-refractivity contribution < 1.29 is 0 Å². The van der Waals surface area contributed by atoms with Crippen LogP contribution in [-0.2, 0) is 5.41 Å². The highest BCUT2D eigenvalue weighted by Crippen LogP contribution is 2.58. The predicted octanol–water partition coefficient (Wildman–Crippen LogP) is 13.6. The number of anilines is 3. The molecule has 0 aliphatic heterocycles. The molecule has 0 heterocycles. The number of benzene rings is 8. The Kier molecular flexibility index (Phi) is 7.21. The molecule has 1 nitrogen and oxygen atoms in total. The third-order valence-electron chi connectivity index (χ3n) is 10.4. The normalized spacial score (nSPS) is 12.8. The fourth-order valence-corrected chi connectivity index (χ4v) is 8.03. The fraction of sp³-hybridized carbons (Fsp3) is 0.0612. The topological polar surface area (TPSA) is 3.24 Å². The molecule has 0 spiro atoms. The van der Waals surface area contributed by atoms with Crippen molar-refractivity contribution in [1.29, 1.82) is 0 Å². The molecule has 0 aromatic heterocycles. The van der Waals surface area contributed by atoms with Crippen LogP contribution in [0.25, 0.3) is 55.3 Å². The van der Waals surface area contributed by atoms with Crippen LogP contribution in [0.5, 0.6) is 0 Å². The van der Waals surface area contributed by atoms with Crippen molar-refractivity contribution in [1.82, 2.24) is 0 Å². The Morgan fingerprint density at radius 2 is 0.940 bits per heavy atom. The van der Waals surface area contributed by atoms with E-state index in [-0.39, 0.29) is 5.41 Å². The van der Waals surface area contributed by atoms with Gasteiger partial charge in [0.1, 0.15) is 0 Å². The highest BCUT2D eigenvalue weighted by molar-refractivity contribution is 6.07. The largest absolute Gasteiger partial charge is 0.309 e. The summed E-state index contributed by atoms with van der Waals surface area (Å²) in [6.45, 7) is 4.80. The van der Waals surface area contributed by atoms with Crippen molar-refractivity contribution in [2.24, 2.45) is 0 Å². The van der Waals surface area contributed by atoms with Crippen LogP contribution in [0, 0.1) is 0 Å². The van der Waals surface area contributed by atoms with Gasteiger partial charge in [-0.2, -0.15) is 0 Å². The molecule has 0 N–H and O–H groups in total. The second-order valence-corrected chi connectivity index (χ2v) is 13.7. The molecule has 238 valence electrons. The minimum atomic E-state index is -0.215. The van der Waals surface area contributed by atoms with Gasteiger partial charge in [-0.05, 0) is 85.6 Å². The van der Waals surface area contributed by atoms with Gasteiger partial charge in [-0.1, -0.05) is 172 Å². The fourth-order valence-electron chi connectivity index (χ4n) is 8.03. The van der Waals surface area contributed by atoms with Gasteiger partial charge in [0.15, 0.2) is 0 Å². The van der Waals surface area contributed by atoms with Gasteiger partial charge in [0.25, 0.3) is 0 Å². The van der Waals surface area contributed by atoms with Crippen molar-refractivity contribution in [3.63, 3.8) is 0 Å². The van der Waals surface area contributed by atoms with Gasteiger partial charge < -0.3 is 4.90 Å². The lowest BCUT2D eigenvalue weighted by Gasteiger charge is -2.31. The zero-order chi connectivity index (χ0) is 33.7. The summed E-state index contributed by atoms with van der Waals surface area (Å²) < 4.78 is 0. The molecule has 0 atom stereocenters. The summed E-state index contributed by atoms with van der Waals surface area (Å²) in [6.07, 6.45) is 0. The van der Waals surface area contributed by atoms with Crippen LogP contribution in [-0.4, -0.2) is 0 Å². The average molecular weight is 640 g/mol. The van der Waals surface area contributed by atoms with E-state index in [4.69, 9.17) is 0 Å². The first-order chi connectivity index (χ1) is 24.6. The van der Waals surface area contributed by atoms with Crippen LogP contribution in [0.15, 0.2) is 188 Å². The molecule has 0 saturated heterocycles. The number of hydrogen-bond acceptors (Lipinski definition) is 1. The van der Waals surface area contributed by atoms with Gasteiger partial charge in [0.05, 0.1) is 11.4 Å². The smallest absolute Gasteiger partial charge is 0.0549 e. The van der Waals surface area contributed by atoms with Crippen molar-refractivity contribution in [3.05, 3.63) is 199 Å². The molecular weight excluding hydrogens is 603 g/mol. The molecule has 0 unspecified atom stereocenters. The monoisotopic (exact) mass is 639 g/mol. The van der Waals surface area contributed by atoms with Crippen molar-refractivity contribution in [3.8, 4) is 44.5 Å². The summed E-state index contributed by atoms with van der Waals surface area (Å²) in [4.78, 5) is 2.50. The summed E-state index contributed by atoms with van der Waals surface area (Å²) >= 11 is 0. The first-order valence-electron chi connectivity index (χ1n) is 17.4. The van der Waals surface area contributed by atoms with Crippen molar-refractivity contribution >= 4 is 27.8 Å². The molecule has 0 bridgehead atoms. The molecule has 8 aromatic carbocycles. The zero-order valence-electron chi connectivity index (χ0n) is 28.3. The molecule has 1 aliphatic carbocycles. The number of hydrogen-bond donors (Lipinski definition) is 0. The second kappa shape index (κ2) is 12.1. The Morgan fingerprint density at radius 1 is 0.400 bits per heavy atom. The standard InChI is InChI=1S/C49H37N/c1-49(2)44-32-38(35-18-8-4-9-19-35)28-31-43(44)47-46(33-39-22-12-13-24-42(39)48(47)49)50(40-29-26-36(27-30-40)34-16-6-3-7-17-34)45-25-15-14-23-41(45)37-20-10-5-11-21-37/h3-33H,1-2H3. The molecule has 8 aromatic rings. The van der Waals surface area contributed by atoms with Gasteiger partial charge in [0.2, 0.25) is 0 Å². The highest BCUT2D eigenvalue weighted by atomic mass is 15.1. The minimum Gasteiger partial charge on any atom is -0.309 e. The molecule has 0 saturated carbocycles. The lowest BCUT2D eigenvalue weighted by Crippen LogP contribution is -2.17. The third-order valence-corrected chi connectivity index (χ3v) is 10.4. The predicted molar refractivity (Wildman–Crippen MR) is 213 cm³/mol. The van der Waals surface area contributed by atoms with E-state index in [1.165, 1.54) is 72.1 Å². The Morgan fingerprint density at radius 3 is 1.64 bits per heavy atom. The number of para-hydroxylation sites is 1. The maximum atomic E-state index is 2.50. The lowest BCUT2D eigenvalue weighted by molar-refractivity contribution is 0.666. The van der Waals surface area contributed by atoms with Gasteiger partial charge in [-0.15, -0.1) is 0 Å². The van der Waals surface area contributed by atoms with E-state index in [1.54, 1.807) is 0 Å². The Bertz CT molecular complexity index is 2480. The molecule has 0 amide bonds. The van der Waals surface area contributed by atoms with Crippen LogP contribution in [0.2, 0.25) is 0 Å². The Hall–Kier alpha value is -6.18. The van der Waals surface area contributed by atoms with Gasteiger partial charge in [0, 0.05) is 22.2 Å². The molecule has 9 rings (SSSR count). The molecule has 50 heavy (non-hydrogen) atoms. The average Bonchev–Trinajstić information content (AvgIpc) is 3.42. The van der Waals surface area contributed by atoms with Crippen LogP contribution in [0.3, 0.4) is 0 Å². The summed E-state index contributed by atoms with van der Waals surface area (Å²) in [6, 6.07) is 68.5. The van der Waals surface area contributed by atoms with E-state index >= 15 is 0 Å². The molecule has 1 heteroatoms. The summed E-state index contributed by atoms with van der Waals surface area (Å²) in [5.74, 6) is 0. The minimum absolute atomic E-state index is 0.215.